The van der Waals surface area contributed by atoms with Crippen LogP contribution in [0, 0.1) is 19.8 Å². The Bertz CT molecular complexity index is 1420. The van der Waals surface area contributed by atoms with Crippen molar-refractivity contribution in [3.63, 3.8) is 0 Å². The third kappa shape index (κ3) is 5.74. The maximum absolute atomic E-state index is 13.6. The Morgan fingerprint density at radius 1 is 1.27 bits per heavy atom. The maximum atomic E-state index is 13.6. The Morgan fingerprint density at radius 3 is 2.86 bits per heavy atom. The van der Waals surface area contributed by atoms with Gasteiger partial charge in [0.1, 0.15) is 18.2 Å². The fourth-order valence-electron chi connectivity index (χ4n) is 4.91. The van der Waals surface area contributed by atoms with Crippen LogP contribution < -0.4 is 10.0 Å². The average molecular weight is 566 g/mol. The van der Waals surface area contributed by atoms with E-state index in [1.807, 2.05) is 24.6 Å². The second kappa shape index (κ2) is 10.4. The van der Waals surface area contributed by atoms with E-state index in [0.29, 0.717) is 35.7 Å². The highest BCUT2D eigenvalue weighted by Gasteiger charge is 2.35. The molecule has 4 heterocycles. The first-order valence-electron chi connectivity index (χ1n) is 11.8. The van der Waals surface area contributed by atoms with Gasteiger partial charge in [-0.15, -0.1) is 22.7 Å². The normalized spacial score (nSPS) is 23.7. The van der Waals surface area contributed by atoms with Crippen molar-refractivity contribution >= 4 is 44.6 Å². The summed E-state index contributed by atoms with van der Waals surface area (Å²) in [6, 6.07) is 1.62. The van der Waals surface area contributed by atoms with E-state index in [-0.39, 0.29) is 24.5 Å². The number of thiophene rings is 1. The van der Waals surface area contributed by atoms with E-state index in [1.54, 1.807) is 11.3 Å². The molecule has 1 saturated carbocycles. The van der Waals surface area contributed by atoms with E-state index in [0.717, 1.165) is 27.6 Å². The molecule has 2 aliphatic rings. The molecular weight excluding hydrogens is 538 g/mol. The Hall–Kier alpha value is -2.33. The molecule has 0 saturated heterocycles. The largest absolute Gasteiger partial charge is 0.393 e. The number of carbonyl (C=O) groups is 1. The first-order valence-corrected chi connectivity index (χ1v) is 14.9. The number of ether oxygens (including phenoxy) is 1. The number of carbonyl (C=O) groups excluding carboxylic acids is 1. The fourth-order valence-corrected chi connectivity index (χ4v) is 7.28. The zero-order valence-electron chi connectivity index (χ0n) is 20.2. The molecular formula is C23H27N5O6S3. The van der Waals surface area contributed by atoms with Crippen molar-refractivity contribution in [1.29, 1.82) is 0 Å². The molecule has 0 bridgehead atoms. The molecule has 11 nitrogen and oxygen atoms in total. The minimum atomic E-state index is -4.34. The van der Waals surface area contributed by atoms with Gasteiger partial charge in [-0.3, -0.25) is 9.35 Å². The van der Waals surface area contributed by atoms with Gasteiger partial charge in [0.2, 0.25) is 5.78 Å². The molecule has 3 aromatic rings. The number of nitrogens with zero attached hydrogens (tertiary/aromatic N) is 3. The molecule has 1 aliphatic heterocycles. The number of anilines is 1. The summed E-state index contributed by atoms with van der Waals surface area (Å²) in [5, 5.41) is 14.6. The van der Waals surface area contributed by atoms with Gasteiger partial charge in [-0.05, 0) is 32.8 Å². The summed E-state index contributed by atoms with van der Waals surface area (Å²) in [6.07, 6.45) is 3.34. The number of aliphatic hydroxyl groups is 1. The Kier molecular flexibility index (Phi) is 7.42. The highest BCUT2D eigenvalue weighted by Crippen LogP contribution is 2.39. The van der Waals surface area contributed by atoms with Crippen LogP contribution in [0.1, 0.15) is 60.2 Å². The van der Waals surface area contributed by atoms with Crippen LogP contribution in [0.5, 0.6) is 0 Å². The first-order chi connectivity index (χ1) is 17.6. The van der Waals surface area contributed by atoms with Crippen molar-refractivity contribution < 1.29 is 27.6 Å². The summed E-state index contributed by atoms with van der Waals surface area (Å²) >= 11 is 3.07. The number of aryl methyl sites for hydroxylation is 2. The number of aromatic nitrogens is 3. The molecule has 0 unspecified atom stereocenters. The molecule has 1 aliphatic carbocycles. The average Bonchev–Trinajstić information content (AvgIpc) is 3.52. The second-order valence-electron chi connectivity index (χ2n) is 9.24. The van der Waals surface area contributed by atoms with Crippen molar-refractivity contribution in [3.8, 4) is 0 Å². The van der Waals surface area contributed by atoms with Crippen molar-refractivity contribution in [3.05, 3.63) is 55.1 Å². The fraction of sp³-hybridized carbons (Fsp3) is 0.478. The molecule has 14 heteroatoms. The van der Waals surface area contributed by atoms with Gasteiger partial charge in [0.15, 0.2) is 0 Å². The highest BCUT2D eigenvalue weighted by molar-refractivity contribution is 7.83. The number of thiazole rings is 1. The number of aliphatic hydroxyl groups excluding tert-OH is 1. The number of fused-ring (bicyclic) bond motifs is 1. The highest BCUT2D eigenvalue weighted by atomic mass is 32.2. The smallest absolute Gasteiger partial charge is 0.333 e. The molecule has 37 heavy (non-hydrogen) atoms. The van der Waals surface area contributed by atoms with E-state index in [1.165, 1.54) is 28.7 Å². The van der Waals surface area contributed by atoms with Crippen molar-refractivity contribution in [2.45, 2.75) is 51.4 Å². The van der Waals surface area contributed by atoms with Crippen LogP contribution >= 0.6 is 22.7 Å². The van der Waals surface area contributed by atoms with Gasteiger partial charge in [0.05, 0.1) is 33.9 Å². The zero-order chi connectivity index (χ0) is 26.3. The molecule has 198 valence electrons. The van der Waals surface area contributed by atoms with E-state index in [4.69, 9.17) is 9.29 Å². The third-order valence-electron chi connectivity index (χ3n) is 6.64. The molecule has 0 radical (unpaired) electrons. The topological polar surface area (TPSA) is 164 Å². The summed E-state index contributed by atoms with van der Waals surface area (Å²) in [5.74, 6) is -0.270. The van der Waals surface area contributed by atoms with E-state index in [2.05, 4.69) is 20.3 Å². The standard InChI is InChI=1S/C23H27N5O6S3/c1-11-15(22-20-18(3-4-34-22)36-12(2)27-20)7-19(35-11)21(30)16-9-24-10-25-23(16)28-14-5-13(17(29)6-14)8-26-37(31,32)33/h7,9-10,13-14,17,22,26,29H,3-6,8H2,1-2H3,(H,24,25,28)(H,31,32,33)/t13-,14-,17+,22-/m1/s1. The molecule has 5 rings (SSSR count). The van der Waals surface area contributed by atoms with Crippen LogP contribution in [-0.4, -0.2) is 64.1 Å². The predicted molar refractivity (Wildman–Crippen MR) is 139 cm³/mol. The zero-order valence-corrected chi connectivity index (χ0v) is 22.6. The van der Waals surface area contributed by atoms with Gasteiger partial charge in [-0.25, -0.2) is 15.0 Å². The summed E-state index contributed by atoms with van der Waals surface area (Å²) in [5.41, 5.74) is 2.16. The minimum Gasteiger partial charge on any atom is -0.393 e. The maximum Gasteiger partial charge on any atom is 0.333 e. The third-order valence-corrected chi connectivity index (χ3v) is 9.28. The molecule has 4 atom stereocenters. The van der Waals surface area contributed by atoms with E-state index < -0.39 is 22.3 Å². The van der Waals surface area contributed by atoms with Gasteiger partial charge in [-0.2, -0.15) is 13.1 Å². The van der Waals surface area contributed by atoms with Crippen LogP contribution in [0.2, 0.25) is 0 Å². The Morgan fingerprint density at radius 2 is 2.08 bits per heavy atom. The van der Waals surface area contributed by atoms with Crippen molar-refractivity contribution in [2.24, 2.45) is 5.92 Å². The van der Waals surface area contributed by atoms with E-state index in [9.17, 15) is 18.3 Å². The molecule has 0 spiro atoms. The second-order valence-corrected chi connectivity index (χ2v) is 13.0. The molecule has 1 fully saturated rings. The number of ketones is 1. The summed E-state index contributed by atoms with van der Waals surface area (Å²) in [4.78, 5) is 29.3. The number of hydrogen-bond donors (Lipinski definition) is 4. The van der Waals surface area contributed by atoms with Crippen molar-refractivity contribution in [2.75, 3.05) is 18.5 Å². The van der Waals surface area contributed by atoms with Crippen LogP contribution in [-0.2, 0) is 21.5 Å². The quantitative estimate of drug-likeness (QED) is 0.236. The van der Waals surface area contributed by atoms with Gasteiger partial charge < -0.3 is 15.2 Å². The summed E-state index contributed by atoms with van der Waals surface area (Å²) < 4.78 is 39.0. The van der Waals surface area contributed by atoms with Gasteiger partial charge in [0.25, 0.3) is 0 Å². The lowest BCUT2D eigenvalue weighted by Crippen LogP contribution is -2.32. The first kappa shape index (κ1) is 26.3. The van der Waals surface area contributed by atoms with Gasteiger partial charge in [0, 0.05) is 46.4 Å². The monoisotopic (exact) mass is 565 g/mol. The Balaban J connectivity index is 1.34. The summed E-state index contributed by atoms with van der Waals surface area (Å²) in [6.45, 7) is 4.46. The molecule has 4 N–H and O–H groups in total. The number of rotatable bonds is 8. The van der Waals surface area contributed by atoms with Crippen molar-refractivity contribution in [1.82, 2.24) is 19.7 Å². The summed E-state index contributed by atoms with van der Waals surface area (Å²) in [7, 11) is -4.34. The molecule has 3 aromatic heterocycles. The Labute approximate surface area is 222 Å². The molecule has 0 aromatic carbocycles. The lowest BCUT2D eigenvalue weighted by atomic mass is 10.0. The minimum absolute atomic E-state index is 0.0888. The van der Waals surface area contributed by atoms with Crippen LogP contribution in [0.4, 0.5) is 5.82 Å². The lowest BCUT2D eigenvalue weighted by Gasteiger charge is -2.22. The van der Waals surface area contributed by atoms with Gasteiger partial charge in [-0.1, -0.05) is 0 Å². The number of hydrogen-bond acceptors (Lipinski definition) is 11. The predicted octanol–water partition coefficient (Wildman–Crippen LogP) is 2.45. The van der Waals surface area contributed by atoms with E-state index >= 15 is 0 Å². The van der Waals surface area contributed by atoms with Crippen LogP contribution in [0.25, 0.3) is 0 Å². The SMILES string of the molecule is Cc1nc2c(s1)CCO[C@@H]2c1cc(C(=O)c2cncnc2N[C@@H]2C[C@H](CNS(=O)(=O)O)[C@@H](O)C2)sc1C. The van der Waals surface area contributed by atoms with Crippen LogP contribution in [0.15, 0.2) is 18.6 Å². The van der Waals surface area contributed by atoms with Crippen LogP contribution in [0.3, 0.4) is 0 Å². The molecule has 0 amide bonds. The lowest BCUT2D eigenvalue weighted by molar-refractivity contribution is 0.0679. The number of nitrogens with one attached hydrogen (secondary N) is 2. The van der Waals surface area contributed by atoms with Gasteiger partial charge >= 0.3 is 10.3 Å².